The summed E-state index contributed by atoms with van der Waals surface area (Å²) in [7, 11) is 0. The standard InChI is InChI=1S/C19H13ClF3NO/c20-12-6-7-16-13(8-12)17-14(9-15(17)19(21,22)23)18(25)24(16)10-11-4-2-1-3-5-11/h1-8,15H,9-10H2. The third-order valence-electron chi connectivity index (χ3n) is 4.70. The van der Waals surface area contributed by atoms with E-state index in [4.69, 9.17) is 11.6 Å². The lowest BCUT2D eigenvalue weighted by Gasteiger charge is -2.33. The predicted octanol–water partition coefficient (Wildman–Crippen LogP) is 4.91. The molecule has 6 heteroatoms. The summed E-state index contributed by atoms with van der Waals surface area (Å²) in [6.07, 6.45) is -4.63. The molecule has 2 nitrogen and oxygen atoms in total. The fraction of sp³-hybridized carbons (Fsp3) is 0.211. The smallest absolute Gasteiger partial charge is 0.304 e. The number of hydrogen-bond donors (Lipinski definition) is 0. The molecule has 1 aromatic heterocycles. The number of alkyl halides is 3. The molecule has 0 N–H and O–H groups in total. The molecule has 25 heavy (non-hydrogen) atoms. The first-order valence-corrected chi connectivity index (χ1v) is 8.19. The third kappa shape index (κ3) is 2.63. The Labute approximate surface area is 146 Å². The summed E-state index contributed by atoms with van der Waals surface area (Å²) in [5.74, 6) is -1.59. The van der Waals surface area contributed by atoms with Crippen molar-refractivity contribution in [3.05, 3.63) is 80.6 Å². The molecule has 0 amide bonds. The third-order valence-corrected chi connectivity index (χ3v) is 4.94. The zero-order chi connectivity index (χ0) is 17.8. The molecule has 1 aliphatic carbocycles. The Morgan fingerprint density at radius 3 is 2.52 bits per heavy atom. The van der Waals surface area contributed by atoms with Gasteiger partial charge in [-0.3, -0.25) is 4.79 Å². The van der Waals surface area contributed by atoms with Gasteiger partial charge in [0, 0.05) is 16.0 Å². The van der Waals surface area contributed by atoms with Crippen LogP contribution in [0.2, 0.25) is 5.02 Å². The van der Waals surface area contributed by atoms with Gasteiger partial charge in [-0.25, -0.2) is 0 Å². The lowest BCUT2D eigenvalue weighted by Crippen LogP contribution is -2.39. The van der Waals surface area contributed by atoms with Crippen molar-refractivity contribution in [3.63, 3.8) is 0 Å². The quantitative estimate of drug-likeness (QED) is 0.634. The second kappa shape index (κ2) is 5.63. The highest BCUT2D eigenvalue weighted by molar-refractivity contribution is 6.31. The van der Waals surface area contributed by atoms with Gasteiger partial charge in [-0.2, -0.15) is 13.2 Å². The number of rotatable bonds is 2. The lowest BCUT2D eigenvalue weighted by atomic mass is 9.75. The summed E-state index contributed by atoms with van der Waals surface area (Å²) in [5.41, 5.74) is 1.36. The molecule has 1 unspecified atom stereocenters. The van der Waals surface area contributed by atoms with Crippen molar-refractivity contribution in [3.8, 4) is 0 Å². The molecule has 128 valence electrons. The zero-order valence-corrected chi connectivity index (χ0v) is 13.7. The van der Waals surface area contributed by atoms with E-state index in [-0.39, 0.29) is 23.1 Å². The largest absolute Gasteiger partial charge is 0.396 e. The topological polar surface area (TPSA) is 22.0 Å². The van der Waals surface area contributed by atoms with Crippen molar-refractivity contribution in [1.29, 1.82) is 0 Å². The number of nitrogens with zero attached hydrogens (tertiary/aromatic N) is 1. The summed E-state index contributed by atoms with van der Waals surface area (Å²) in [5, 5.41) is 0.763. The maximum atomic E-state index is 13.2. The van der Waals surface area contributed by atoms with Crippen LogP contribution < -0.4 is 5.56 Å². The monoisotopic (exact) mass is 363 g/mol. The molecule has 0 saturated carbocycles. The maximum absolute atomic E-state index is 13.2. The van der Waals surface area contributed by atoms with Crippen molar-refractivity contribution < 1.29 is 13.2 Å². The van der Waals surface area contributed by atoms with E-state index in [1.165, 1.54) is 10.6 Å². The predicted molar refractivity (Wildman–Crippen MR) is 91.3 cm³/mol. The van der Waals surface area contributed by atoms with Gasteiger partial charge in [0.25, 0.3) is 5.56 Å². The highest BCUT2D eigenvalue weighted by Gasteiger charge is 2.49. The summed E-state index contributed by atoms with van der Waals surface area (Å²) >= 11 is 6.01. The second-order valence-electron chi connectivity index (χ2n) is 6.23. The first-order valence-electron chi connectivity index (χ1n) is 7.81. The molecule has 2 aromatic carbocycles. The van der Waals surface area contributed by atoms with Gasteiger partial charge >= 0.3 is 6.18 Å². The van der Waals surface area contributed by atoms with Crippen LogP contribution in [-0.2, 0) is 13.0 Å². The Morgan fingerprint density at radius 2 is 1.84 bits per heavy atom. The van der Waals surface area contributed by atoms with Gasteiger partial charge in [0.15, 0.2) is 0 Å². The average molecular weight is 364 g/mol. The van der Waals surface area contributed by atoms with E-state index in [1.54, 1.807) is 12.1 Å². The van der Waals surface area contributed by atoms with E-state index in [0.717, 1.165) is 5.56 Å². The summed E-state index contributed by atoms with van der Waals surface area (Å²) in [6.45, 7) is 0.307. The summed E-state index contributed by atoms with van der Waals surface area (Å²) < 4.78 is 41.3. The number of pyridine rings is 1. The number of benzene rings is 2. The van der Waals surface area contributed by atoms with Crippen molar-refractivity contribution >= 4 is 22.5 Å². The van der Waals surface area contributed by atoms with E-state index >= 15 is 0 Å². The van der Waals surface area contributed by atoms with Crippen LogP contribution in [-0.4, -0.2) is 10.7 Å². The molecule has 0 bridgehead atoms. The normalized spacial score (nSPS) is 16.6. The fourth-order valence-electron chi connectivity index (χ4n) is 3.48. The lowest BCUT2D eigenvalue weighted by molar-refractivity contribution is -0.155. The fourth-order valence-corrected chi connectivity index (χ4v) is 3.65. The van der Waals surface area contributed by atoms with Crippen LogP contribution in [0.5, 0.6) is 0 Å². The molecular weight excluding hydrogens is 351 g/mol. The molecule has 0 aliphatic heterocycles. The number of hydrogen-bond acceptors (Lipinski definition) is 1. The minimum absolute atomic E-state index is 0.0827. The molecule has 0 saturated heterocycles. The number of fused-ring (bicyclic) bond motifs is 3. The van der Waals surface area contributed by atoms with Crippen molar-refractivity contribution in [1.82, 2.24) is 4.57 Å². The number of halogens is 4. The van der Waals surface area contributed by atoms with Crippen LogP contribution in [0.25, 0.3) is 10.9 Å². The molecule has 0 spiro atoms. The highest BCUT2D eigenvalue weighted by atomic mass is 35.5. The molecule has 1 heterocycles. The van der Waals surface area contributed by atoms with Crippen LogP contribution in [0.15, 0.2) is 53.3 Å². The Hall–Kier alpha value is -2.27. The molecular formula is C19H13ClF3NO. The van der Waals surface area contributed by atoms with Gasteiger partial charge in [-0.05, 0) is 35.7 Å². The van der Waals surface area contributed by atoms with E-state index < -0.39 is 12.1 Å². The van der Waals surface area contributed by atoms with Crippen molar-refractivity contribution in [2.75, 3.05) is 0 Å². The molecule has 3 aromatic rings. The first kappa shape index (κ1) is 16.2. The Kier molecular flexibility index (Phi) is 3.65. The molecule has 1 atom stereocenters. The van der Waals surface area contributed by atoms with E-state index in [1.807, 2.05) is 30.3 Å². The van der Waals surface area contributed by atoms with Crippen LogP contribution in [0, 0.1) is 0 Å². The van der Waals surface area contributed by atoms with E-state index in [0.29, 0.717) is 22.5 Å². The van der Waals surface area contributed by atoms with Gasteiger partial charge in [0.2, 0.25) is 0 Å². The van der Waals surface area contributed by atoms with E-state index in [9.17, 15) is 18.0 Å². The summed E-state index contributed by atoms with van der Waals surface area (Å²) in [6, 6.07) is 14.1. The Morgan fingerprint density at radius 1 is 1.12 bits per heavy atom. The minimum atomic E-state index is -4.36. The van der Waals surface area contributed by atoms with Gasteiger partial charge in [-0.1, -0.05) is 41.9 Å². The molecule has 0 fully saturated rings. The van der Waals surface area contributed by atoms with E-state index in [2.05, 4.69) is 0 Å². The second-order valence-corrected chi connectivity index (χ2v) is 6.67. The molecule has 4 rings (SSSR count). The first-order chi connectivity index (χ1) is 11.9. The molecule has 0 radical (unpaired) electrons. The Balaban J connectivity index is 1.96. The van der Waals surface area contributed by atoms with Gasteiger partial charge in [0.1, 0.15) is 0 Å². The van der Waals surface area contributed by atoms with Crippen LogP contribution in [0.1, 0.15) is 22.6 Å². The highest BCUT2D eigenvalue weighted by Crippen LogP contribution is 2.48. The van der Waals surface area contributed by atoms with Gasteiger partial charge in [-0.15, -0.1) is 0 Å². The SMILES string of the molecule is O=c1c2c(c3cc(Cl)ccc3n1Cc1ccccc1)C(C(F)(F)F)C2. The maximum Gasteiger partial charge on any atom is 0.396 e. The molecule has 1 aliphatic rings. The average Bonchev–Trinajstić information content (AvgIpc) is 2.51. The van der Waals surface area contributed by atoms with Crippen LogP contribution in [0.4, 0.5) is 13.2 Å². The van der Waals surface area contributed by atoms with Gasteiger partial charge < -0.3 is 4.57 Å². The van der Waals surface area contributed by atoms with Crippen molar-refractivity contribution in [2.24, 2.45) is 0 Å². The number of aromatic nitrogens is 1. The Bertz CT molecular complexity index is 1020. The minimum Gasteiger partial charge on any atom is -0.304 e. The van der Waals surface area contributed by atoms with Gasteiger partial charge in [0.05, 0.1) is 18.0 Å². The van der Waals surface area contributed by atoms with Crippen LogP contribution in [0.3, 0.4) is 0 Å². The van der Waals surface area contributed by atoms with Crippen molar-refractivity contribution in [2.45, 2.75) is 25.1 Å². The summed E-state index contributed by atoms with van der Waals surface area (Å²) in [4.78, 5) is 12.8. The zero-order valence-electron chi connectivity index (χ0n) is 13.0. The van der Waals surface area contributed by atoms with Crippen LogP contribution >= 0.6 is 11.6 Å².